The zero-order chi connectivity index (χ0) is 27.6. The summed E-state index contributed by atoms with van der Waals surface area (Å²) in [7, 11) is -3.77. The predicted molar refractivity (Wildman–Crippen MR) is 148 cm³/mol. The van der Waals surface area contributed by atoms with E-state index in [1.807, 2.05) is 0 Å². The second-order valence-corrected chi connectivity index (χ2v) is 13.1. The summed E-state index contributed by atoms with van der Waals surface area (Å²) in [6.07, 6.45) is 3.51. The van der Waals surface area contributed by atoms with Crippen LogP contribution < -0.4 is 5.32 Å². The summed E-state index contributed by atoms with van der Waals surface area (Å²) in [5.41, 5.74) is 0.671. The number of halogens is 2. The highest BCUT2D eigenvalue weighted by Crippen LogP contribution is 2.39. The van der Waals surface area contributed by atoms with Crippen LogP contribution in [-0.4, -0.2) is 72.2 Å². The molecule has 2 saturated heterocycles. The van der Waals surface area contributed by atoms with Gasteiger partial charge in [-0.1, -0.05) is 36.2 Å². The van der Waals surface area contributed by atoms with Crippen LogP contribution in [0, 0.1) is 5.82 Å². The number of carbonyl (C=O) groups excluding carboxylic acids is 2. The first-order chi connectivity index (χ1) is 18.7. The Morgan fingerprint density at radius 1 is 1.13 bits per heavy atom. The fourth-order valence-corrected chi connectivity index (χ4v) is 7.68. The summed E-state index contributed by atoms with van der Waals surface area (Å²) < 4.78 is 46.2. The Balaban J connectivity index is 1.40. The van der Waals surface area contributed by atoms with Gasteiger partial charge in [-0.05, 0) is 55.3 Å². The summed E-state index contributed by atoms with van der Waals surface area (Å²) in [4.78, 5) is 32.6. The van der Waals surface area contributed by atoms with Crippen molar-refractivity contribution in [3.63, 3.8) is 0 Å². The maximum Gasteiger partial charge on any atom is 0.243 e. The van der Waals surface area contributed by atoms with Crippen molar-refractivity contribution in [1.29, 1.82) is 0 Å². The summed E-state index contributed by atoms with van der Waals surface area (Å²) in [6.45, 7) is 1.17. The van der Waals surface area contributed by atoms with Crippen molar-refractivity contribution >= 4 is 61.7 Å². The van der Waals surface area contributed by atoms with Gasteiger partial charge in [0.1, 0.15) is 11.1 Å². The summed E-state index contributed by atoms with van der Waals surface area (Å²) >= 11 is 7.61. The molecule has 13 heteroatoms. The van der Waals surface area contributed by atoms with E-state index in [0.717, 1.165) is 25.7 Å². The highest BCUT2D eigenvalue weighted by atomic mass is 35.5. The number of rotatable bonds is 7. The maximum absolute atomic E-state index is 13.5. The molecule has 5 rings (SSSR count). The summed E-state index contributed by atoms with van der Waals surface area (Å²) in [5.74, 6) is -1.01. The number of ether oxygens (including phenoxy) is 1. The number of sulfonamides is 1. The van der Waals surface area contributed by atoms with Gasteiger partial charge in [0.2, 0.25) is 21.8 Å². The predicted octanol–water partition coefficient (Wildman–Crippen LogP) is 4.40. The molecular formula is C26H28ClFN4O5S2. The molecule has 39 heavy (non-hydrogen) atoms. The van der Waals surface area contributed by atoms with Crippen LogP contribution >= 0.6 is 23.4 Å². The first kappa shape index (κ1) is 28.0. The van der Waals surface area contributed by atoms with E-state index in [1.165, 1.54) is 58.5 Å². The quantitative estimate of drug-likeness (QED) is 0.509. The molecule has 2 aromatic rings. The van der Waals surface area contributed by atoms with Crippen molar-refractivity contribution in [3.8, 4) is 0 Å². The Kier molecular flexibility index (Phi) is 8.57. The molecule has 208 valence electrons. The number of amidine groups is 1. The Bertz CT molecular complexity index is 1380. The molecule has 3 fully saturated rings. The van der Waals surface area contributed by atoms with E-state index >= 15 is 0 Å². The number of benzene rings is 2. The number of carbonyl (C=O) groups is 2. The molecule has 2 amide bonds. The number of anilines is 1. The van der Waals surface area contributed by atoms with Gasteiger partial charge in [-0.15, -0.1) is 0 Å². The van der Waals surface area contributed by atoms with Gasteiger partial charge in [-0.2, -0.15) is 4.31 Å². The number of hydrogen-bond donors (Lipinski definition) is 1. The third-order valence-corrected chi connectivity index (χ3v) is 10.3. The standard InChI is InChI=1S/C26H28ClFN4O5S2/c27-21-10-9-20(39(35,36)31-11-13-37-14-12-31)15-22(21)30-26-32(19-3-1-2-4-19)25(34)23(38-26)16-24(33)29-18-7-5-17(28)6-8-18/h5-10,15,19,23H,1-4,11-14,16H2,(H,29,33). The molecule has 1 unspecified atom stereocenters. The van der Waals surface area contributed by atoms with Gasteiger partial charge < -0.3 is 10.1 Å². The first-order valence-corrected chi connectivity index (χ1v) is 15.4. The molecule has 2 heterocycles. The van der Waals surface area contributed by atoms with Gasteiger partial charge in [-0.25, -0.2) is 17.8 Å². The van der Waals surface area contributed by atoms with Crippen molar-refractivity contribution in [2.24, 2.45) is 4.99 Å². The van der Waals surface area contributed by atoms with E-state index in [9.17, 15) is 22.4 Å². The summed E-state index contributed by atoms with van der Waals surface area (Å²) in [5, 5.41) is 2.64. The van der Waals surface area contributed by atoms with Crippen LogP contribution in [0.15, 0.2) is 52.4 Å². The number of morpholine rings is 1. The molecule has 3 aliphatic rings. The van der Waals surface area contributed by atoms with Gasteiger partial charge in [0.25, 0.3) is 0 Å². The lowest BCUT2D eigenvalue weighted by Crippen LogP contribution is -2.40. The Labute approximate surface area is 235 Å². The highest BCUT2D eigenvalue weighted by Gasteiger charge is 2.43. The highest BCUT2D eigenvalue weighted by molar-refractivity contribution is 8.15. The molecule has 2 aromatic carbocycles. The number of nitrogens with one attached hydrogen (secondary N) is 1. The minimum atomic E-state index is -3.77. The van der Waals surface area contributed by atoms with Gasteiger partial charge >= 0.3 is 0 Å². The fourth-order valence-electron chi connectivity index (χ4n) is 4.88. The van der Waals surface area contributed by atoms with Crippen molar-refractivity contribution in [3.05, 3.63) is 53.3 Å². The van der Waals surface area contributed by atoms with Crippen LogP contribution in [-0.2, 0) is 24.3 Å². The molecular weight excluding hydrogens is 567 g/mol. The van der Waals surface area contributed by atoms with Crippen molar-refractivity contribution < 1.29 is 27.1 Å². The van der Waals surface area contributed by atoms with Crippen molar-refractivity contribution in [1.82, 2.24) is 9.21 Å². The van der Waals surface area contributed by atoms with E-state index < -0.39 is 21.1 Å². The van der Waals surface area contributed by atoms with Gasteiger partial charge in [0.15, 0.2) is 5.17 Å². The van der Waals surface area contributed by atoms with Crippen LogP contribution in [0.25, 0.3) is 0 Å². The van der Waals surface area contributed by atoms with E-state index in [-0.39, 0.29) is 53.0 Å². The van der Waals surface area contributed by atoms with Gasteiger partial charge in [-0.3, -0.25) is 14.5 Å². The maximum atomic E-state index is 13.5. The molecule has 1 N–H and O–H groups in total. The van der Waals surface area contributed by atoms with Crippen LogP contribution in [0.3, 0.4) is 0 Å². The van der Waals surface area contributed by atoms with E-state index in [0.29, 0.717) is 24.1 Å². The minimum Gasteiger partial charge on any atom is -0.379 e. The topological polar surface area (TPSA) is 108 Å². The minimum absolute atomic E-state index is 0.0482. The normalized spacial score (nSPS) is 22.1. The molecule has 0 spiro atoms. The largest absolute Gasteiger partial charge is 0.379 e. The van der Waals surface area contributed by atoms with Gasteiger partial charge in [0.05, 0.1) is 28.8 Å². The molecule has 1 saturated carbocycles. The molecule has 2 aliphatic heterocycles. The average Bonchev–Trinajstić information content (AvgIpc) is 3.55. The Hall–Kier alpha value is -2.51. The third-order valence-electron chi connectivity index (χ3n) is 6.90. The van der Waals surface area contributed by atoms with Crippen LogP contribution in [0.2, 0.25) is 5.02 Å². The van der Waals surface area contributed by atoms with Crippen LogP contribution in [0.1, 0.15) is 32.1 Å². The van der Waals surface area contributed by atoms with Crippen LogP contribution in [0.4, 0.5) is 15.8 Å². The second-order valence-electron chi connectivity index (χ2n) is 9.54. The third kappa shape index (κ3) is 6.30. The fraction of sp³-hybridized carbons (Fsp3) is 0.423. The molecule has 0 bridgehead atoms. The number of thioether (sulfide) groups is 1. The second kappa shape index (κ2) is 11.9. The molecule has 9 nitrogen and oxygen atoms in total. The Morgan fingerprint density at radius 2 is 1.82 bits per heavy atom. The molecule has 1 aliphatic carbocycles. The lowest BCUT2D eigenvalue weighted by Gasteiger charge is -2.26. The first-order valence-electron chi connectivity index (χ1n) is 12.7. The lowest BCUT2D eigenvalue weighted by molar-refractivity contribution is -0.129. The number of aliphatic imine (C=N–C) groups is 1. The summed E-state index contributed by atoms with van der Waals surface area (Å²) in [6, 6.07) is 9.71. The van der Waals surface area contributed by atoms with Crippen molar-refractivity contribution in [2.75, 3.05) is 31.6 Å². The zero-order valence-corrected chi connectivity index (χ0v) is 23.4. The Morgan fingerprint density at radius 3 is 2.51 bits per heavy atom. The number of nitrogens with zero attached hydrogens (tertiary/aromatic N) is 3. The smallest absolute Gasteiger partial charge is 0.243 e. The molecule has 1 atom stereocenters. The van der Waals surface area contributed by atoms with Crippen LogP contribution in [0.5, 0.6) is 0 Å². The average molecular weight is 595 g/mol. The van der Waals surface area contributed by atoms with E-state index in [1.54, 1.807) is 4.90 Å². The monoisotopic (exact) mass is 594 g/mol. The van der Waals surface area contributed by atoms with Crippen molar-refractivity contribution in [2.45, 2.75) is 48.3 Å². The number of hydrogen-bond acceptors (Lipinski definition) is 7. The van der Waals surface area contributed by atoms with E-state index in [4.69, 9.17) is 16.3 Å². The zero-order valence-electron chi connectivity index (χ0n) is 21.0. The number of amides is 2. The van der Waals surface area contributed by atoms with Gasteiger partial charge in [0, 0.05) is 31.2 Å². The molecule has 0 aromatic heterocycles. The van der Waals surface area contributed by atoms with E-state index in [2.05, 4.69) is 10.3 Å². The lowest BCUT2D eigenvalue weighted by atomic mass is 10.2. The molecule has 0 radical (unpaired) electrons. The SMILES string of the molecule is O=C(CC1SC(=Nc2cc(S(=O)(=O)N3CCOCC3)ccc2Cl)N(C2CCCC2)C1=O)Nc1ccc(F)cc1.